The van der Waals surface area contributed by atoms with Crippen molar-refractivity contribution in [1.82, 2.24) is 0 Å². The molecule has 4 heteroatoms. The molecular formula is C9H9FN2O. The molecule has 0 fully saturated rings. The fourth-order valence-electron chi connectivity index (χ4n) is 1.30. The van der Waals surface area contributed by atoms with E-state index in [1.807, 2.05) is 0 Å². The van der Waals surface area contributed by atoms with E-state index in [0.29, 0.717) is 18.7 Å². The molecule has 0 spiro atoms. The minimum atomic E-state index is -0.345. The molecule has 1 aliphatic heterocycles. The van der Waals surface area contributed by atoms with E-state index in [9.17, 15) is 9.18 Å². The molecule has 0 atom stereocenters. The summed E-state index contributed by atoms with van der Waals surface area (Å²) in [5.74, 6) is -0.431. The molecule has 68 valence electrons. The van der Waals surface area contributed by atoms with Gasteiger partial charge >= 0.3 is 0 Å². The maximum absolute atomic E-state index is 12.8. The van der Waals surface area contributed by atoms with E-state index in [2.05, 4.69) is 10.6 Å². The first-order valence-electron chi connectivity index (χ1n) is 4.09. The summed E-state index contributed by atoms with van der Waals surface area (Å²) in [6.07, 6.45) is 0.413. The Labute approximate surface area is 74.9 Å². The van der Waals surface area contributed by atoms with Gasteiger partial charge in [-0.15, -0.1) is 0 Å². The van der Waals surface area contributed by atoms with E-state index in [1.54, 1.807) is 6.07 Å². The molecule has 1 amide bonds. The second-order valence-corrected chi connectivity index (χ2v) is 2.91. The molecule has 13 heavy (non-hydrogen) atoms. The smallest absolute Gasteiger partial charge is 0.226 e. The number of fused-ring (bicyclic) bond motifs is 1. The van der Waals surface area contributed by atoms with Gasteiger partial charge in [-0.2, -0.15) is 0 Å². The Bertz CT molecular complexity index is 351. The Kier molecular flexibility index (Phi) is 1.88. The van der Waals surface area contributed by atoms with Gasteiger partial charge < -0.3 is 10.6 Å². The largest absolute Gasteiger partial charge is 0.383 e. The first-order chi connectivity index (χ1) is 6.25. The Morgan fingerprint density at radius 3 is 3.00 bits per heavy atom. The fraction of sp³-hybridized carbons (Fsp3) is 0.222. The number of benzene rings is 1. The number of carbonyl (C=O) groups excluding carboxylic acids is 1. The van der Waals surface area contributed by atoms with Gasteiger partial charge in [0.1, 0.15) is 5.82 Å². The quantitative estimate of drug-likeness (QED) is 0.636. The zero-order valence-electron chi connectivity index (χ0n) is 6.93. The molecule has 1 aliphatic rings. The molecule has 0 unspecified atom stereocenters. The van der Waals surface area contributed by atoms with Crippen LogP contribution in [0.1, 0.15) is 6.42 Å². The second kappa shape index (κ2) is 3.05. The van der Waals surface area contributed by atoms with Crippen LogP contribution in [0.4, 0.5) is 15.8 Å². The van der Waals surface area contributed by atoms with Crippen molar-refractivity contribution in [2.75, 3.05) is 17.2 Å². The van der Waals surface area contributed by atoms with Crippen LogP contribution in [0.5, 0.6) is 0 Å². The van der Waals surface area contributed by atoms with Gasteiger partial charge in [-0.1, -0.05) is 0 Å². The zero-order chi connectivity index (χ0) is 9.26. The standard InChI is InChI=1S/C9H9FN2O/c10-6-1-2-7-8(5-6)12-9(13)3-4-11-7/h1-2,5,11H,3-4H2,(H,12,13). The van der Waals surface area contributed by atoms with Crippen molar-refractivity contribution in [1.29, 1.82) is 0 Å². The summed E-state index contributed by atoms with van der Waals surface area (Å²) in [4.78, 5) is 11.1. The maximum atomic E-state index is 12.8. The van der Waals surface area contributed by atoms with Crippen LogP contribution < -0.4 is 10.6 Å². The number of nitrogens with one attached hydrogen (secondary N) is 2. The van der Waals surface area contributed by atoms with Crippen LogP contribution in [-0.2, 0) is 4.79 Å². The van der Waals surface area contributed by atoms with Crippen molar-refractivity contribution in [3.63, 3.8) is 0 Å². The predicted molar refractivity (Wildman–Crippen MR) is 48.1 cm³/mol. The van der Waals surface area contributed by atoms with Crippen LogP contribution in [0.25, 0.3) is 0 Å². The molecule has 1 heterocycles. The first kappa shape index (κ1) is 8.04. The highest BCUT2D eigenvalue weighted by atomic mass is 19.1. The lowest BCUT2D eigenvalue weighted by atomic mass is 10.2. The Hall–Kier alpha value is -1.58. The number of anilines is 2. The summed E-state index contributed by atoms with van der Waals surface area (Å²) >= 11 is 0. The number of hydrogen-bond acceptors (Lipinski definition) is 2. The van der Waals surface area contributed by atoms with Crippen molar-refractivity contribution >= 4 is 17.3 Å². The van der Waals surface area contributed by atoms with Crippen molar-refractivity contribution in [3.05, 3.63) is 24.0 Å². The van der Waals surface area contributed by atoms with E-state index >= 15 is 0 Å². The average Bonchev–Trinajstić information content (AvgIpc) is 2.25. The SMILES string of the molecule is O=C1CCNc2ccc(F)cc2N1. The van der Waals surface area contributed by atoms with Crippen LogP contribution in [0.2, 0.25) is 0 Å². The van der Waals surface area contributed by atoms with Gasteiger partial charge in [0.05, 0.1) is 11.4 Å². The average molecular weight is 180 g/mol. The van der Waals surface area contributed by atoms with E-state index in [1.165, 1.54) is 12.1 Å². The van der Waals surface area contributed by atoms with Gasteiger partial charge in [0.15, 0.2) is 0 Å². The molecule has 0 saturated carbocycles. The Morgan fingerprint density at radius 1 is 1.31 bits per heavy atom. The molecule has 0 aliphatic carbocycles. The monoisotopic (exact) mass is 180 g/mol. The third-order valence-corrected chi connectivity index (χ3v) is 1.92. The van der Waals surface area contributed by atoms with Gasteiger partial charge in [0.2, 0.25) is 5.91 Å². The summed E-state index contributed by atoms with van der Waals surface area (Å²) in [6.45, 7) is 0.588. The molecule has 1 aromatic carbocycles. The lowest BCUT2D eigenvalue weighted by molar-refractivity contribution is -0.115. The van der Waals surface area contributed by atoms with E-state index in [0.717, 1.165) is 5.69 Å². The second-order valence-electron chi connectivity index (χ2n) is 2.91. The van der Waals surface area contributed by atoms with Gasteiger partial charge in [-0.25, -0.2) is 4.39 Å². The highest BCUT2D eigenvalue weighted by Gasteiger charge is 2.11. The Morgan fingerprint density at radius 2 is 2.15 bits per heavy atom. The van der Waals surface area contributed by atoms with Gasteiger partial charge in [-0.05, 0) is 18.2 Å². The molecule has 2 rings (SSSR count). The third kappa shape index (κ3) is 1.61. The van der Waals surface area contributed by atoms with Crippen molar-refractivity contribution < 1.29 is 9.18 Å². The highest BCUT2D eigenvalue weighted by molar-refractivity contribution is 5.95. The predicted octanol–water partition coefficient (Wildman–Crippen LogP) is 1.58. The molecule has 0 radical (unpaired) electrons. The van der Waals surface area contributed by atoms with Gasteiger partial charge in [0, 0.05) is 13.0 Å². The minimum absolute atomic E-state index is 0.0862. The number of hydrogen-bond donors (Lipinski definition) is 2. The lowest BCUT2D eigenvalue weighted by Crippen LogP contribution is -2.10. The molecule has 2 N–H and O–H groups in total. The van der Waals surface area contributed by atoms with Gasteiger partial charge in [-0.3, -0.25) is 4.79 Å². The van der Waals surface area contributed by atoms with E-state index in [-0.39, 0.29) is 11.7 Å². The topological polar surface area (TPSA) is 41.1 Å². The van der Waals surface area contributed by atoms with E-state index < -0.39 is 0 Å². The lowest BCUT2D eigenvalue weighted by Gasteiger charge is -2.06. The van der Waals surface area contributed by atoms with Crippen LogP contribution in [0.3, 0.4) is 0 Å². The van der Waals surface area contributed by atoms with Crippen molar-refractivity contribution in [3.8, 4) is 0 Å². The van der Waals surface area contributed by atoms with Crippen LogP contribution >= 0.6 is 0 Å². The molecule has 0 saturated heterocycles. The van der Waals surface area contributed by atoms with Crippen LogP contribution in [0.15, 0.2) is 18.2 Å². The number of carbonyl (C=O) groups is 1. The van der Waals surface area contributed by atoms with Crippen molar-refractivity contribution in [2.45, 2.75) is 6.42 Å². The summed E-state index contributed by atoms with van der Waals surface area (Å²) in [6, 6.07) is 4.30. The number of halogens is 1. The van der Waals surface area contributed by atoms with Crippen LogP contribution in [0, 0.1) is 5.82 Å². The molecular weight excluding hydrogens is 171 g/mol. The van der Waals surface area contributed by atoms with Crippen LogP contribution in [-0.4, -0.2) is 12.5 Å². The summed E-state index contributed by atoms with van der Waals surface area (Å²) in [5, 5.41) is 5.65. The van der Waals surface area contributed by atoms with E-state index in [4.69, 9.17) is 0 Å². The number of amides is 1. The summed E-state index contributed by atoms with van der Waals surface area (Å²) in [5.41, 5.74) is 1.29. The molecule has 0 aromatic heterocycles. The zero-order valence-corrected chi connectivity index (χ0v) is 6.93. The first-order valence-corrected chi connectivity index (χ1v) is 4.09. The summed E-state index contributed by atoms with van der Waals surface area (Å²) in [7, 11) is 0. The minimum Gasteiger partial charge on any atom is -0.383 e. The number of rotatable bonds is 0. The third-order valence-electron chi connectivity index (χ3n) is 1.92. The maximum Gasteiger partial charge on any atom is 0.226 e. The normalized spacial score (nSPS) is 15.3. The Balaban J connectivity index is 2.40. The fourth-order valence-corrected chi connectivity index (χ4v) is 1.30. The summed E-state index contributed by atoms with van der Waals surface area (Å²) < 4.78 is 12.8. The highest BCUT2D eigenvalue weighted by Crippen LogP contribution is 2.24. The van der Waals surface area contributed by atoms with Crippen molar-refractivity contribution in [2.24, 2.45) is 0 Å². The molecule has 0 bridgehead atoms. The molecule has 3 nitrogen and oxygen atoms in total. The van der Waals surface area contributed by atoms with Gasteiger partial charge in [0.25, 0.3) is 0 Å². The molecule has 1 aromatic rings.